The van der Waals surface area contributed by atoms with E-state index in [1.54, 1.807) is 11.4 Å². The molecule has 1 aromatic heterocycles. The van der Waals surface area contributed by atoms with E-state index < -0.39 is 10.0 Å². The summed E-state index contributed by atoms with van der Waals surface area (Å²) in [6.07, 6.45) is 0. The number of rotatable bonds is 2. The molecule has 0 saturated carbocycles. The zero-order chi connectivity index (χ0) is 7.61. The average Bonchev–Trinajstić information content (AvgIpc) is 2.38. The second-order valence-corrected chi connectivity index (χ2v) is 4.52. The standard InChI is InChI=1S/C5H6NO2S2/c1-6-10(7,8)5-3-2-4-9-5/h2-4,6H,1H2. The summed E-state index contributed by atoms with van der Waals surface area (Å²) >= 11 is 1.16. The summed E-state index contributed by atoms with van der Waals surface area (Å²) in [4.78, 5) is 0. The molecule has 0 unspecified atom stereocenters. The van der Waals surface area contributed by atoms with E-state index in [1.807, 2.05) is 4.72 Å². The molecule has 0 aliphatic heterocycles. The highest BCUT2D eigenvalue weighted by molar-refractivity contribution is 7.91. The Balaban J connectivity index is 3.09. The van der Waals surface area contributed by atoms with Gasteiger partial charge in [-0.3, -0.25) is 0 Å². The molecule has 3 nitrogen and oxygen atoms in total. The fourth-order valence-electron chi connectivity index (χ4n) is 0.488. The molecule has 0 saturated heterocycles. The van der Waals surface area contributed by atoms with Crippen molar-refractivity contribution in [1.29, 1.82) is 0 Å². The van der Waals surface area contributed by atoms with Gasteiger partial charge in [0, 0.05) is 7.05 Å². The monoisotopic (exact) mass is 176 g/mol. The summed E-state index contributed by atoms with van der Waals surface area (Å²) in [5.41, 5.74) is 0. The van der Waals surface area contributed by atoms with E-state index in [1.165, 1.54) is 6.07 Å². The number of hydrogen-bond donors (Lipinski definition) is 1. The summed E-state index contributed by atoms with van der Waals surface area (Å²) in [7, 11) is -0.215. The highest BCUT2D eigenvalue weighted by Crippen LogP contribution is 2.14. The van der Waals surface area contributed by atoms with Gasteiger partial charge >= 0.3 is 0 Å². The number of thiophene rings is 1. The lowest BCUT2D eigenvalue weighted by Crippen LogP contribution is -2.14. The smallest absolute Gasteiger partial charge is 0.209 e. The zero-order valence-electron chi connectivity index (χ0n) is 5.07. The summed E-state index contributed by atoms with van der Waals surface area (Å²) in [6.45, 7) is 0. The van der Waals surface area contributed by atoms with E-state index in [0.29, 0.717) is 4.21 Å². The third-order valence-electron chi connectivity index (χ3n) is 0.950. The summed E-state index contributed by atoms with van der Waals surface area (Å²) < 4.78 is 24.1. The van der Waals surface area contributed by atoms with Crippen molar-refractivity contribution in [1.82, 2.24) is 4.72 Å². The third-order valence-corrected chi connectivity index (χ3v) is 3.60. The molecule has 0 aliphatic carbocycles. The highest BCUT2D eigenvalue weighted by atomic mass is 32.2. The molecule has 0 amide bonds. The van der Waals surface area contributed by atoms with Crippen LogP contribution in [0.1, 0.15) is 0 Å². The maximum Gasteiger partial charge on any atom is 0.250 e. The Bertz CT molecular complexity index is 287. The lowest BCUT2D eigenvalue weighted by atomic mass is 10.7. The Hall–Kier alpha value is -0.390. The van der Waals surface area contributed by atoms with E-state index in [0.717, 1.165) is 11.3 Å². The lowest BCUT2D eigenvalue weighted by molar-refractivity contribution is 0.592. The first kappa shape index (κ1) is 7.71. The summed E-state index contributed by atoms with van der Waals surface area (Å²) in [5, 5.41) is 1.70. The van der Waals surface area contributed by atoms with Crippen LogP contribution in [0.25, 0.3) is 0 Å². The van der Waals surface area contributed by atoms with Crippen LogP contribution in [0.5, 0.6) is 0 Å². The van der Waals surface area contributed by atoms with Gasteiger partial charge in [0.25, 0.3) is 0 Å². The fourth-order valence-corrected chi connectivity index (χ4v) is 2.19. The normalized spacial score (nSPS) is 11.7. The molecule has 1 heterocycles. The van der Waals surface area contributed by atoms with E-state index in [2.05, 4.69) is 7.05 Å². The second kappa shape index (κ2) is 2.69. The average molecular weight is 176 g/mol. The molecule has 10 heavy (non-hydrogen) atoms. The first-order valence-corrected chi connectivity index (χ1v) is 4.85. The molecule has 0 aliphatic rings. The van der Waals surface area contributed by atoms with Crippen molar-refractivity contribution in [2.24, 2.45) is 0 Å². The van der Waals surface area contributed by atoms with Gasteiger partial charge in [0.15, 0.2) is 0 Å². The Morgan fingerprint density at radius 3 is 2.70 bits per heavy atom. The van der Waals surface area contributed by atoms with Gasteiger partial charge < -0.3 is 0 Å². The number of sulfonamides is 1. The molecule has 1 radical (unpaired) electrons. The van der Waals surface area contributed by atoms with Gasteiger partial charge in [-0.25, -0.2) is 13.1 Å². The van der Waals surface area contributed by atoms with E-state index in [4.69, 9.17) is 0 Å². The Labute approximate surface area is 63.7 Å². The topological polar surface area (TPSA) is 46.2 Å². The first-order valence-electron chi connectivity index (χ1n) is 2.49. The Kier molecular flexibility index (Phi) is 2.08. The van der Waals surface area contributed by atoms with Crippen molar-refractivity contribution in [3.05, 3.63) is 24.6 Å². The third kappa shape index (κ3) is 1.36. The minimum absolute atomic E-state index is 0.294. The molecule has 55 valence electrons. The van der Waals surface area contributed by atoms with Crippen LogP contribution in [0, 0.1) is 7.05 Å². The Morgan fingerprint density at radius 2 is 2.30 bits per heavy atom. The molecule has 0 bridgehead atoms. The molecule has 0 aromatic carbocycles. The first-order chi connectivity index (χ1) is 4.67. The van der Waals surface area contributed by atoms with Crippen LogP contribution < -0.4 is 4.72 Å². The molecule has 0 fully saturated rings. The van der Waals surface area contributed by atoms with Gasteiger partial charge in [0.1, 0.15) is 4.21 Å². The number of hydrogen-bond acceptors (Lipinski definition) is 3. The van der Waals surface area contributed by atoms with Crippen LogP contribution >= 0.6 is 11.3 Å². The van der Waals surface area contributed by atoms with Crippen molar-refractivity contribution >= 4 is 21.4 Å². The van der Waals surface area contributed by atoms with Crippen molar-refractivity contribution in [2.45, 2.75) is 4.21 Å². The van der Waals surface area contributed by atoms with Crippen LogP contribution in [0.15, 0.2) is 21.7 Å². The van der Waals surface area contributed by atoms with Crippen molar-refractivity contribution in [2.75, 3.05) is 0 Å². The SMILES string of the molecule is [CH2]NS(=O)(=O)c1cccs1. The largest absolute Gasteiger partial charge is 0.250 e. The molecule has 0 atom stereocenters. The van der Waals surface area contributed by atoms with Gasteiger partial charge in [-0.1, -0.05) is 6.07 Å². The Morgan fingerprint density at radius 1 is 1.60 bits per heavy atom. The zero-order valence-corrected chi connectivity index (χ0v) is 6.71. The molecule has 1 rings (SSSR count). The van der Waals surface area contributed by atoms with E-state index in [9.17, 15) is 8.42 Å². The van der Waals surface area contributed by atoms with Crippen LogP contribution in [-0.2, 0) is 10.0 Å². The maximum absolute atomic E-state index is 10.9. The maximum atomic E-state index is 10.9. The van der Waals surface area contributed by atoms with Gasteiger partial charge in [0.05, 0.1) is 0 Å². The predicted molar refractivity (Wildman–Crippen MR) is 40.0 cm³/mol. The van der Waals surface area contributed by atoms with Crippen LogP contribution in [0.4, 0.5) is 0 Å². The predicted octanol–water partition coefficient (Wildman–Crippen LogP) is 0.818. The van der Waals surface area contributed by atoms with Gasteiger partial charge in [-0.15, -0.1) is 11.3 Å². The molecule has 5 heteroatoms. The van der Waals surface area contributed by atoms with Crippen molar-refractivity contribution in [3.8, 4) is 0 Å². The molecule has 0 spiro atoms. The van der Waals surface area contributed by atoms with E-state index >= 15 is 0 Å². The van der Waals surface area contributed by atoms with Crippen LogP contribution in [0.3, 0.4) is 0 Å². The van der Waals surface area contributed by atoms with Crippen molar-refractivity contribution in [3.63, 3.8) is 0 Å². The molecular weight excluding hydrogens is 170 g/mol. The van der Waals surface area contributed by atoms with Crippen molar-refractivity contribution < 1.29 is 8.42 Å². The lowest BCUT2D eigenvalue weighted by Gasteiger charge is -1.94. The molecule has 1 aromatic rings. The summed E-state index contributed by atoms with van der Waals surface area (Å²) in [5.74, 6) is 0. The van der Waals surface area contributed by atoms with Gasteiger partial charge in [-0.05, 0) is 11.4 Å². The minimum Gasteiger partial charge on any atom is -0.209 e. The molecule has 1 N–H and O–H groups in total. The minimum atomic E-state index is -3.30. The quantitative estimate of drug-likeness (QED) is 0.725. The fraction of sp³-hybridized carbons (Fsp3) is 0. The van der Waals surface area contributed by atoms with Crippen LogP contribution in [0.2, 0.25) is 0 Å². The second-order valence-electron chi connectivity index (χ2n) is 1.58. The molecular formula is C5H6NO2S2. The van der Waals surface area contributed by atoms with E-state index in [-0.39, 0.29) is 0 Å². The van der Waals surface area contributed by atoms with Crippen LogP contribution in [-0.4, -0.2) is 8.42 Å². The summed E-state index contributed by atoms with van der Waals surface area (Å²) in [6, 6.07) is 3.20. The van der Waals surface area contributed by atoms with Gasteiger partial charge in [0.2, 0.25) is 10.0 Å². The van der Waals surface area contributed by atoms with Gasteiger partial charge in [-0.2, -0.15) is 0 Å². The number of nitrogens with one attached hydrogen (secondary N) is 1. The highest BCUT2D eigenvalue weighted by Gasteiger charge is 2.10.